The molecule has 0 spiro atoms. The molecule has 1 rings (SSSR count). The topological polar surface area (TPSA) is 180 Å². The van der Waals surface area contributed by atoms with Crippen LogP contribution in [0.1, 0.15) is 18.1 Å². The first-order valence-electron chi connectivity index (χ1n) is 10.0. The number of ether oxygens (including phenoxy) is 2. The zero-order chi connectivity index (χ0) is 25.7. The molecule has 34 heavy (non-hydrogen) atoms. The standard InChI is InChI=1S/C20H28N6O7S/c1-5-9-32-20(29)26(3)12-16-11-17(23-18(27)14(2)24-25-21)7-6-15(16)13-33-19(28)22-8-10-34(4,30)31/h5-7,11,14H,1,8-10,12-13H2,2-4H3,(H,22,28)(H,23,27)/t14-/m0/s1. The van der Waals surface area contributed by atoms with Gasteiger partial charge in [-0.15, -0.1) is 0 Å². The Morgan fingerprint density at radius 1 is 1.29 bits per heavy atom. The zero-order valence-corrected chi connectivity index (χ0v) is 20.0. The monoisotopic (exact) mass is 496 g/mol. The Balaban J connectivity index is 2.98. The third-order valence-corrected chi connectivity index (χ3v) is 5.17. The smallest absolute Gasteiger partial charge is 0.410 e. The van der Waals surface area contributed by atoms with Gasteiger partial charge in [-0.05, 0) is 35.7 Å². The van der Waals surface area contributed by atoms with Gasteiger partial charge in [0.25, 0.3) is 0 Å². The number of rotatable bonds is 12. The molecule has 0 aliphatic rings. The number of anilines is 1. The van der Waals surface area contributed by atoms with Gasteiger partial charge in [-0.3, -0.25) is 4.79 Å². The van der Waals surface area contributed by atoms with E-state index in [2.05, 4.69) is 27.2 Å². The summed E-state index contributed by atoms with van der Waals surface area (Å²) in [6, 6.07) is 3.79. The summed E-state index contributed by atoms with van der Waals surface area (Å²) in [7, 11) is -1.73. The van der Waals surface area contributed by atoms with Crippen molar-refractivity contribution in [2.75, 3.05) is 37.5 Å². The minimum Gasteiger partial charge on any atom is -0.445 e. The number of carbonyl (C=O) groups is 3. The lowest BCUT2D eigenvalue weighted by Crippen LogP contribution is -2.30. The number of amides is 3. The van der Waals surface area contributed by atoms with E-state index < -0.39 is 34.0 Å². The largest absolute Gasteiger partial charge is 0.445 e. The van der Waals surface area contributed by atoms with E-state index in [-0.39, 0.29) is 32.1 Å². The van der Waals surface area contributed by atoms with Crippen molar-refractivity contribution >= 4 is 33.6 Å². The molecular weight excluding hydrogens is 468 g/mol. The highest BCUT2D eigenvalue weighted by molar-refractivity contribution is 7.90. The number of alkyl carbamates (subject to hydrolysis) is 1. The van der Waals surface area contributed by atoms with E-state index in [1.165, 1.54) is 24.9 Å². The minimum absolute atomic E-state index is 0.0280. The summed E-state index contributed by atoms with van der Waals surface area (Å²) in [5, 5.41) is 8.29. The summed E-state index contributed by atoms with van der Waals surface area (Å²) in [5.74, 6) is -0.759. The molecule has 0 heterocycles. The fraction of sp³-hybridized carbons (Fsp3) is 0.450. The van der Waals surface area contributed by atoms with E-state index in [0.717, 1.165) is 6.26 Å². The minimum atomic E-state index is -3.23. The predicted molar refractivity (Wildman–Crippen MR) is 125 cm³/mol. The van der Waals surface area contributed by atoms with Gasteiger partial charge in [0.05, 0.1) is 5.75 Å². The van der Waals surface area contributed by atoms with Gasteiger partial charge >= 0.3 is 12.2 Å². The molecule has 1 aromatic carbocycles. The van der Waals surface area contributed by atoms with Gasteiger partial charge < -0.3 is 25.0 Å². The molecule has 0 aromatic heterocycles. The molecule has 186 valence electrons. The molecule has 0 radical (unpaired) electrons. The molecule has 14 heteroatoms. The van der Waals surface area contributed by atoms with Crippen LogP contribution in [-0.4, -0.2) is 69.7 Å². The molecule has 0 unspecified atom stereocenters. The van der Waals surface area contributed by atoms with E-state index in [1.807, 2.05) is 0 Å². The van der Waals surface area contributed by atoms with Gasteiger partial charge in [0.1, 0.15) is 29.1 Å². The van der Waals surface area contributed by atoms with Crippen molar-refractivity contribution in [2.45, 2.75) is 26.1 Å². The predicted octanol–water partition coefficient (Wildman–Crippen LogP) is 2.35. The summed E-state index contributed by atoms with van der Waals surface area (Å²) in [6.07, 6.45) is 1.05. The van der Waals surface area contributed by atoms with Gasteiger partial charge in [0.15, 0.2) is 0 Å². The van der Waals surface area contributed by atoms with Crippen LogP contribution in [0.5, 0.6) is 0 Å². The molecule has 3 amide bonds. The third kappa shape index (κ3) is 10.7. The van der Waals surface area contributed by atoms with E-state index in [1.54, 1.807) is 18.2 Å². The molecule has 0 fully saturated rings. The number of hydrogen-bond donors (Lipinski definition) is 2. The SMILES string of the molecule is C=CCOC(=O)N(C)Cc1cc(NC(=O)[C@H](C)N=[N+]=[N-])ccc1COC(=O)NCCS(C)(=O)=O. The Kier molecular flexibility index (Phi) is 11.4. The molecular formula is C20H28N6O7S. The molecule has 1 atom stereocenters. The van der Waals surface area contributed by atoms with E-state index in [9.17, 15) is 22.8 Å². The van der Waals surface area contributed by atoms with Gasteiger partial charge in [0.2, 0.25) is 5.91 Å². The highest BCUT2D eigenvalue weighted by atomic mass is 32.2. The number of hydrogen-bond acceptors (Lipinski definition) is 8. The third-order valence-electron chi connectivity index (χ3n) is 4.22. The summed E-state index contributed by atoms with van der Waals surface area (Å²) in [4.78, 5) is 40.0. The summed E-state index contributed by atoms with van der Waals surface area (Å²) in [5.41, 5.74) is 9.93. The van der Waals surface area contributed by atoms with Crippen molar-refractivity contribution in [1.29, 1.82) is 0 Å². The molecule has 2 N–H and O–H groups in total. The lowest BCUT2D eigenvalue weighted by molar-refractivity contribution is -0.117. The van der Waals surface area contributed by atoms with Crippen LogP contribution >= 0.6 is 0 Å². The van der Waals surface area contributed by atoms with Crippen molar-refractivity contribution < 1.29 is 32.3 Å². The van der Waals surface area contributed by atoms with Crippen LogP contribution in [0.15, 0.2) is 36.0 Å². The number of nitrogens with zero attached hydrogens (tertiary/aromatic N) is 4. The van der Waals surface area contributed by atoms with Crippen LogP contribution < -0.4 is 10.6 Å². The van der Waals surface area contributed by atoms with Gasteiger partial charge in [-0.2, -0.15) is 0 Å². The normalized spacial score (nSPS) is 11.4. The average molecular weight is 497 g/mol. The van der Waals surface area contributed by atoms with Crippen LogP contribution in [-0.2, 0) is 37.3 Å². The Morgan fingerprint density at radius 3 is 2.62 bits per heavy atom. The van der Waals surface area contributed by atoms with Crippen molar-refractivity contribution in [3.63, 3.8) is 0 Å². The summed E-state index contributed by atoms with van der Waals surface area (Å²) >= 11 is 0. The quantitative estimate of drug-likeness (QED) is 0.193. The number of azide groups is 1. The van der Waals surface area contributed by atoms with Crippen LogP contribution in [0.3, 0.4) is 0 Å². The maximum absolute atomic E-state index is 12.1. The van der Waals surface area contributed by atoms with Gasteiger partial charge in [0, 0.05) is 37.0 Å². The molecule has 1 aromatic rings. The average Bonchev–Trinajstić information content (AvgIpc) is 2.76. The summed E-state index contributed by atoms with van der Waals surface area (Å²) < 4.78 is 32.5. The van der Waals surface area contributed by atoms with Crippen LogP contribution in [0.25, 0.3) is 10.4 Å². The number of carbonyl (C=O) groups excluding carboxylic acids is 3. The van der Waals surface area contributed by atoms with Crippen molar-refractivity contribution in [3.8, 4) is 0 Å². The van der Waals surface area contributed by atoms with Crippen molar-refractivity contribution in [2.24, 2.45) is 5.11 Å². The Labute approximate surface area is 197 Å². The maximum Gasteiger partial charge on any atom is 0.410 e. The Hall–Kier alpha value is -3.77. The van der Waals surface area contributed by atoms with Crippen molar-refractivity contribution in [1.82, 2.24) is 10.2 Å². The molecule has 0 aliphatic heterocycles. The number of benzene rings is 1. The first-order chi connectivity index (χ1) is 16.0. The Morgan fingerprint density at radius 2 is 2.00 bits per heavy atom. The fourth-order valence-electron chi connectivity index (χ4n) is 2.46. The number of sulfone groups is 1. The van der Waals surface area contributed by atoms with E-state index in [0.29, 0.717) is 16.8 Å². The Bertz CT molecular complexity index is 1050. The fourth-order valence-corrected chi connectivity index (χ4v) is 2.93. The van der Waals surface area contributed by atoms with Gasteiger partial charge in [-0.25, -0.2) is 18.0 Å². The maximum atomic E-state index is 12.1. The van der Waals surface area contributed by atoms with Crippen LogP contribution in [0.2, 0.25) is 0 Å². The first-order valence-corrected chi connectivity index (χ1v) is 12.1. The highest BCUT2D eigenvalue weighted by Gasteiger charge is 2.16. The summed E-state index contributed by atoms with van der Waals surface area (Å²) in [6.45, 7) is 4.71. The van der Waals surface area contributed by atoms with E-state index >= 15 is 0 Å². The lowest BCUT2D eigenvalue weighted by atomic mass is 10.1. The molecule has 0 aliphatic carbocycles. The lowest BCUT2D eigenvalue weighted by Gasteiger charge is -2.20. The molecule has 0 bridgehead atoms. The second-order valence-electron chi connectivity index (χ2n) is 7.21. The zero-order valence-electron chi connectivity index (χ0n) is 19.2. The highest BCUT2D eigenvalue weighted by Crippen LogP contribution is 2.20. The molecule has 13 nitrogen and oxygen atoms in total. The second-order valence-corrected chi connectivity index (χ2v) is 9.47. The molecule has 0 saturated carbocycles. The number of nitrogens with one attached hydrogen (secondary N) is 2. The van der Waals surface area contributed by atoms with Gasteiger partial charge in [-0.1, -0.05) is 23.8 Å². The van der Waals surface area contributed by atoms with Crippen molar-refractivity contribution in [3.05, 3.63) is 52.4 Å². The molecule has 0 saturated heterocycles. The first kappa shape index (κ1) is 28.3. The van der Waals surface area contributed by atoms with E-state index in [4.69, 9.17) is 15.0 Å². The van der Waals surface area contributed by atoms with Crippen LogP contribution in [0.4, 0.5) is 15.3 Å². The second kappa shape index (κ2) is 13.7. The van der Waals surface area contributed by atoms with Crippen LogP contribution in [0, 0.1) is 0 Å².